The van der Waals surface area contributed by atoms with Crippen LogP contribution in [-0.4, -0.2) is 24.8 Å². The highest BCUT2D eigenvalue weighted by molar-refractivity contribution is 6.29. The molecule has 25 heavy (non-hydrogen) atoms. The number of aromatic nitrogens is 5. The van der Waals surface area contributed by atoms with E-state index >= 15 is 0 Å². The normalized spacial score (nSPS) is 10.8. The number of halogens is 3. The van der Waals surface area contributed by atoms with E-state index in [1.807, 2.05) is 13.8 Å². The number of rotatable bonds is 2. The van der Waals surface area contributed by atoms with Crippen LogP contribution in [0.25, 0.3) is 16.6 Å². The number of hydrogen-bond donors (Lipinski definition) is 0. The van der Waals surface area contributed by atoms with E-state index in [0.717, 1.165) is 0 Å². The Hall–Kier alpha value is -2.67. The van der Waals surface area contributed by atoms with E-state index < -0.39 is 11.6 Å². The molecule has 3 heterocycles. The summed E-state index contributed by atoms with van der Waals surface area (Å²) >= 11 is 5.85. The molecule has 4 rings (SSSR count). The fraction of sp³-hybridized carbons (Fsp3) is 0.176. The van der Waals surface area contributed by atoms with Crippen LogP contribution in [0.2, 0.25) is 5.15 Å². The largest absolute Gasteiger partial charge is 0.256 e. The van der Waals surface area contributed by atoms with Gasteiger partial charge in [0.25, 0.3) is 0 Å². The van der Waals surface area contributed by atoms with Crippen molar-refractivity contribution in [1.82, 2.24) is 24.8 Å². The van der Waals surface area contributed by atoms with Crippen molar-refractivity contribution in [2.75, 3.05) is 0 Å². The topological polar surface area (TPSA) is 56.0 Å². The Labute approximate surface area is 147 Å². The van der Waals surface area contributed by atoms with Crippen LogP contribution in [0, 0.1) is 11.6 Å². The zero-order valence-electron chi connectivity index (χ0n) is 13.5. The van der Waals surface area contributed by atoms with Gasteiger partial charge in [0.2, 0.25) is 0 Å². The van der Waals surface area contributed by atoms with E-state index in [0.29, 0.717) is 11.5 Å². The van der Waals surface area contributed by atoms with E-state index in [1.54, 1.807) is 24.3 Å². The molecule has 128 valence electrons. The Morgan fingerprint density at radius 1 is 1.12 bits per heavy atom. The molecule has 1 aromatic carbocycles. The van der Waals surface area contributed by atoms with Gasteiger partial charge in [-0.1, -0.05) is 25.4 Å². The minimum absolute atomic E-state index is 0.100. The van der Waals surface area contributed by atoms with Crippen molar-refractivity contribution in [2.24, 2.45) is 0 Å². The molecule has 0 aliphatic rings. The summed E-state index contributed by atoms with van der Waals surface area (Å²) in [7, 11) is 0. The van der Waals surface area contributed by atoms with Gasteiger partial charge >= 0.3 is 0 Å². The van der Waals surface area contributed by atoms with Crippen LogP contribution in [0.3, 0.4) is 0 Å². The van der Waals surface area contributed by atoms with Crippen LogP contribution in [0.4, 0.5) is 8.78 Å². The summed E-state index contributed by atoms with van der Waals surface area (Å²) in [5.74, 6) is -1.05. The Kier molecular flexibility index (Phi) is 4.85. The van der Waals surface area contributed by atoms with Gasteiger partial charge in [-0.3, -0.25) is 4.98 Å². The average molecular weight is 362 g/mol. The zero-order valence-corrected chi connectivity index (χ0v) is 14.3. The van der Waals surface area contributed by atoms with Gasteiger partial charge in [0.1, 0.15) is 16.8 Å². The molecular formula is C17H14ClF2N5. The molecule has 0 bridgehead atoms. The molecule has 0 radical (unpaired) electrons. The summed E-state index contributed by atoms with van der Waals surface area (Å²) in [5, 5.41) is 12.4. The minimum atomic E-state index is -0.688. The number of nitrogens with zero attached hydrogens (tertiary/aromatic N) is 5. The Morgan fingerprint density at radius 3 is 2.72 bits per heavy atom. The minimum Gasteiger partial charge on any atom is -0.256 e. The molecule has 4 aromatic rings. The fourth-order valence-electron chi connectivity index (χ4n) is 2.43. The second-order valence-corrected chi connectivity index (χ2v) is 5.33. The summed E-state index contributed by atoms with van der Waals surface area (Å²) < 4.78 is 30.3. The highest BCUT2D eigenvalue weighted by atomic mass is 35.5. The molecule has 0 N–H and O–H groups in total. The predicted molar refractivity (Wildman–Crippen MR) is 91.6 cm³/mol. The molecule has 5 nitrogen and oxygen atoms in total. The van der Waals surface area contributed by atoms with Gasteiger partial charge in [0, 0.05) is 29.6 Å². The molecule has 0 unspecified atom stereocenters. The lowest BCUT2D eigenvalue weighted by molar-refractivity contribution is 0.566. The highest BCUT2D eigenvalue weighted by Gasteiger charge is 2.18. The van der Waals surface area contributed by atoms with E-state index in [-0.39, 0.29) is 28.0 Å². The summed E-state index contributed by atoms with van der Waals surface area (Å²) in [5.41, 5.74) is 0.604. The van der Waals surface area contributed by atoms with Crippen molar-refractivity contribution in [3.8, 4) is 0 Å². The van der Waals surface area contributed by atoms with Crippen LogP contribution >= 0.6 is 11.6 Å². The third-order valence-corrected chi connectivity index (χ3v) is 3.72. The van der Waals surface area contributed by atoms with Gasteiger partial charge < -0.3 is 0 Å². The SMILES string of the molecule is CC.Fc1cc2ncccc2c(F)c1Cc1nnc2ccc(Cl)nn12. The number of pyridine rings is 1. The monoisotopic (exact) mass is 361 g/mol. The first kappa shape index (κ1) is 17.2. The number of benzene rings is 1. The van der Waals surface area contributed by atoms with Crippen molar-refractivity contribution in [3.63, 3.8) is 0 Å². The third kappa shape index (κ3) is 3.15. The highest BCUT2D eigenvalue weighted by Crippen LogP contribution is 2.24. The smallest absolute Gasteiger partial charge is 0.178 e. The van der Waals surface area contributed by atoms with Crippen LogP contribution in [0.1, 0.15) is 25.2 Å². The molecule has 0 aliphatic heterocycles. The van der Waals surface area contributed by atoms with E-state index in [4.69, 9.17) is 11.6 Å². The third-order valence-electron chi connectivity index (χ3n) is 3.52. The molecule has 0 spiro atoms. The van der Waals surface area contributed by atoms with Crippen molar-refractivity contribution in [2.45, 2.75) is 20.3 Å². The van der Waals surface area contributed by atoms with E-state index in [2.05, 4.69) is 20.3 Å². The lowest BCUT2D eigenvalue weighted by atomic mass is 10.1. The van der Waals surface area contributed by atoms with Crippen molar-refractivity contribution in [1.29, 1.82) is 0 Å². The fourth-order valence-corrected chi connectivity index (χ4v) is 2.57. The van der Waals surface area contributed by atoms with Crippen LogP contribution in [0.15, 0.2) is 36.5 Å². The lowest BCUT2D eigenvalue weighted by Gasteiger charge is -2.07. The van der Waals surface area contributed by atoms with Crippen LogP contribution in [0.5, 0.6) is 0 Å². The first-order chi connectivity index (χ1) is 12.1. The zero-order chi connectivity index (χ0) is 18.0. The van der Waals surface area contributed by atoms with Gasteiger partial charge in [0.15, 0.2) is 11.5 Å². The average Bonchev–Trinajstić information content (AvgIpc) is 3.02. The van der Waals surface area contributed by atoms with Gasteiger partial charge in [-0.2, -0.15) is 9.61 Å². The van der Waals surface area contributed by atoms with Gasteiger partial charge in [-0.05, 0) is 24.3 Å². The second-order valence-electron chi connectivity index (χ2n) is 4.94. The van der Waals surface area contributed by atoms with Gasteiger partial charge in [-0.15, -0.1) is 10.2 Å². The molecule has 0 amide bonds. The van der Waals surface area contributed by atoms with E-state index in [9.17, 15) is 8.78 Å². The lowest BCUT2D eigenvalue weighted by Crippen LogP contribution is -2.04. The van der Waals surface area contributed by atoms with Gasteiger partial charge in [-0.25, -0.2) is 8.78 Å². The summed E-state index contributed by atoms with van der Waals surface area (Å²) in [6.45, 7) is 4.00. The number of hydrogen-bond acceptors (Lipinski definition) is 4. The Balaban J connectivity index is 0.000000880. The molecule has 0 fully saturated rings. The van der Waals surface area contributed by atoms with Crippen molar-refractivity contribution < 1.29 is 8.78 Å². The standard InChI is InChI=1S/C15H8ClF2N5.C2H6/c16-12-3-4-13-20-21-14(23(13)22-12)6-9-10(17)7-11-8(15(9)18)2-1-5-19-11;1-2/h1-5,7H,6H2;1-2H3. The second kappa shape index (κ2) is 7.06. The molecule has 0 saturated heterocycles. The Bertz CT molecular complexity index is 1050. The first-order valence-corrected chi connectivity index (χ1v) is 8.10. The summed E-state index contributed by atoms with van der Waals surface area (Å²) in [6, 6.07) is 7.55. The molecule has 0 aliphatic carbocycles. The van der Waals surface area contributed by atoms with Crippen LogP contribution in [-0.2, 0) is 6.42 Å². The molecule has 8 heteroatoms. The van der Waals surface area contributed by atoms with Gasteiger partial charge in [0.05, 0.1) is 5.52 Å². The van der Waals surface area contributed by atoms with Crippen molar-refractivity contribution >= 4 is 28.2 Å². The quantitative estimate of drug-likeness (QED) is 0.536. The maximum absolute atomic E-state index is 14.6. The maximum atomic E-state index is 14.6. The van der Waals surface area contributed by atoms with Crippen LogP contribution < -0.4 is 0 Å². The molecular weight excluding hydrogens is 348 g/mol. The molecule has 0 saturated carbocycles. The Morgan fingerprint density at radius 2 is 1.92 bits per heavy atom. The summed E-state index contributed by atoms with van der Waals surface area (Å²) in [4.78, 5) is 3.96. The number of fused-ring (bicyclic) bond motifs is 2. The van der Waals surface area contributed by atoms with E-state index in [1.165, 1.54) is 16.8 Å². The molecule has 3 aromatic heterocycles. The predicted octanol–water partition coefficient (Wildman–Crippen LogP) is 4.22. The first-order valence-electron chi connectivity index (χ1n) is 7.72. The summed E-state index contributed by atoms with van der Waals surface area (Å²) in [6.07, 6.45) is 1.38. The van der Waals surface area contributed by atoms with Crippen molar-refractivity contribution in [3.05, 3.63) is 64.7 Å². The maximum Gasteiger partial charge on any atom is 0.178 e. The molecule has 0 atom stereocenters.